The second-order valence-electron chi connectivity index (χ2n) is 5.97. The maximum absolute atomic E-state index is 12.2. The Balaban J connectivity index is 1.43. The fourth-order valence-electron chi connectivity index (χ4n) is 2.99. The Bertz CT molecular complexity index is 649. The van der Waals surface area contributed by atoms with Crippen molar-refractivity contribution < 1.29 is 9.53 Å². The number of carbonyl (C=O) groups is 1. The summed E-state index contributed by atoms with van der Waals surface area (Å²) in [6.45, 7) is 2.94. The van der Waals surface area contributed by atoms with Gasteiger partial charge in [0.15, 0.2) is 0 Å². The number of hydrogen-bond donors (Lipinski definition) is 1. The zero-order valence-corrected chi connectivity index (χ0v) is 13.6. The minimum absolute atomic E-state index is 0.00206. The van der Waals surface area contributed by atoms with Gasteiger partial charge in [-0.15, -0.1) is 0 Å². The van der Waals surface area contributed by atoms with Crippen LogP contribution >= 0.6 is 0 Å². The number of benzene rings is 1. The van der Waals surface area contributed by atoms with Gasteiger partial charge in [-0.3, -0.25) is 4.68 Å². The van der Waals surface area contributed by atoms with E-state index in [0.717, 1.165) is 49.9 Å². The Morgan fingerprint density at radius 2 is 2.17 bits per heavy atom. The number of hydrogen-bond acceptors (Lipinski definition) is 3. The van der Waals surface area contributed by atoms with E-state index in [1.807, 2.05) is 35.0 Å². The lowest BCUT2D eigenvalue weighted by atomic mass is 10.1. The molecule has 2 aromatic rings. The van der Waals surface area contributed by atoms with Gasteiger partial charge in [-0.25, -0.2) is 4.79 Å². The van der Waals surface area contributed by atoms with Crippen molar-refractivity contribution in [3.63, 3.8) is 0 Å². The van der Waals surface area contributed by atoms with Crippen LogP contribution in [0.1, 0.15) is 19.3 Å². The molecule has 1 fully saturated rings. The van der Waals surface area contributed by atoms with E-state index in [1.54, 1.807) is 0 Å². The third-order valence-electron chi connectivity index (χ3n) is 4.43. The number of ether oxygens (including phenoxy) is 1. The molecule has 0 spiro atoms. The van der Waals surface area contributed by atoms with Gasteiger partial charge in [0, 0.05) is 44.8 Å². The molecule has 0 atom stereocenters. The third kappa shape index (κ3) is 3.82. The smallest absolute Gasteiger partial charge is 0.317 e. The van der Waals surface area contributed by atoms with E-state index in [9.17, 15) is 4.79 Å². The van der Waals surface area contributed by atoms with Crippen LogP contribution in [0.4, 0.5) is 4.79 Å². The zero-order chi connectivity index (χ0) is 16.1. The number of fused-ring (bicyclic) bond motifs is 1. The SMILES string of the molecule is CN(C(=O)NCCCn1ncc2ccccc21)C1CCOCC1. The van der Waals surface area contributed by atoms with Gasteiger partial charge in [0.1, 0.15) is 0 Å². The Morgan fingerprint density at radius 1 is 1.39 bits per heavy atom. The monoisotopic (exact) mass is 316 g/mol. The fraction of sp³-hybridized carbons (Fsp3) is 0.529. The van der Waals surface area contributed by atoms with Crippen LogP contribution in [0.2, 0.25) is 0 Å². The number of aromatic nitrogens is 2. The van der Waals surface area contributed by atoms with Gasteiger partial charge in [0.2, 0.25) is 0 Å². The standard InChI is InChI=1S/C17H24N4O2/c1-20(15-7-11-23-12-8-15)17(22)18-9-4-10-21-16-6-3-2-5-14(16)13-19-21/h2-3,5-6,13,15H,4,7-12H2,1H3,(H,18,22). The molecular formula is C17H24N4O2. The van der Waals surface area contributed by atoms with Crippen LogP contribution < -0.4 is 5.32 Å². The first-order valence-electron chi connectivity index (χ1n) is 8.24. The van der Waals surface area contributed by atoms with Gasteiger partial charge in [-0.05, 0) is 25.3 Å². The van der Waals surface area contributed by atoms with Gasteiger partial charge in [-0.1, -0.05) is 18.2 Å². The van der Waals surface area contributed by atoms with Gasteiger partial charge in [0.05, 0.1) is 11.7 Å². The number of urea groups is 1. The largest absolute Gasteiger partial charge is 0.381 e. The number of carbonyl (C=O) groups excluding carboxylic acids is 1. The molecule has 23 heavy (non-hydrogen) atoms. The summed E-state index contributed by atoms with van der Waals surface area (Å²) >= 11 is 0. The van der Waals surface area contributed by atoms with Crippen molar-refractivity contribution in [3.8, 4) is 0 Å². The topological polar surface area (TPSA) is 59.4 Å². The third-order valence-corrected chi connectivity index (χ3v) is 4.43. The molecule has 3 rings (SSSR count). The van der Waals surface area contributed by atoms with Crippen LogP contribution in [0.25, 0.3) is 10.9 Å². The van der Waals surface area contributed by atoms with Crippen molar-refractivity contribution in [1.29, 1.82) is 0 Å². The highest BCUT2D eigenvalue weighted by atomic mass is 16.5. The lowest BCUT2D eigenvalue weighted by molar-refractivity contribution is 0.0526. The molecule has 1 aromatic carbocycles. The van der Waals surface area contributed by atoms with E-state index in [0.29, 0.717) is 12.6 Å². The minimum Gasteiger partial charge on any atom is -0.381 e. The fourth-order valence-corrected chi connectivity index (χ4v) is 2.99. The highest BCUT2D eigenvalue weighted by molar-refractivity contribution is 5.78. The van der Waals surface area contributed by atoms with Gasteiger partial charge < -0.3 is 15.0 Å². The summed E-state index contributed by atoms with van der Waals surface area (Å²) in [5, 5.41) is 8.54. The number of rotatable bonds is 5. The summed E-state index contributed by atoms with van der Waals surface area (Å²) < 4.78 is 7.33. The molecule has 0 saturated carbocycles. The van der Waals surface area contributed by atoms with Crippen molar-refractivity contribution in [2.75, 3.05) is 26.8 Å². The van der Waals surface area contributed by atoms with Crippen LogP contribution in [0, 0.1) is 0 Å². The van der Waals surface area contributed by atoms with Crippen LogP contribution in [0.15, 0.2) is 30.5 Å². The highest BCUT2D eigenvalue weighted by Crippen LogP contribution is 2.13. The number of para-hydroxylation sites is 1. The molecule has 1 N–H and O–H groups in total. The molecule has 0 radical (unpaired) electrons. The maximum atomic E-state index is 12.2. The van der Waals surface area contributed by atoms with Crippen LogP contribution in [0.3, 0.4) is 0 Å². The van der Waals surface area contributed by atoms with E-state index in [4.69, 9.17) is 4.74 Å². The minimum atomic E-state index is 0.00206. The summed E-state index contributed by atoms with van der Waals surface area (Å²) in [6, 6.07) is 8.45. The summed E-state index contributed by atoms with van der Waals surface area (Å²) in [5.41, 5.74) is 1.14. The second-order valence-corrected chi connectivity index (χ2v) is 5.97. The molecule has 2 heterocycles. The summed E-state index contributed by atoms with van der Waals surface area (Å²) in [6.07, 6.45) is 4.58. The van der Waals surface area contributed by atoms with Crippen molar-refractivity contribution >= 4 is 16.9 Å². The molecule has 1 aliphatic rings. The van der Waals surface area contributed by atoms with Crippen molar-refractivity contribution in [2.24, 2.45) is 0 Å². The predicted octanol–water partition coefficient (Wildman–Crippen LogP) is 2.25. The first kappa shape index (κ1) is 15.8. The summed E-state index contributed by atoms with van der Waals surface area (Å²) in [4.78, 5) is 14.0. The molecule has 0 bridgehead atoms. The molecule has 1 aliphatic heterocycles. The average Bonchev–Trinajstić information content (AvgIpc) is 3.02. The summed E-state index contributed by atoms with van der Waals surface area (Å²) in [7, 11) is 1.87. The number of amides is 2. The molecule has 2 amide bonds. The Kier molecular flexibility index (Phi) is 5.12. The summed E-state index contributed by atoms with van der Waals surface area (Å²) in [5.74, 6) is 0. The van der Waals surface area contributed by atoms with Crippen LogP contribution in [-0.2, 0) is 11.3 Å². The molecule has 0 aliphatic carbocycles. The molecule has 6 nitrogen and oxygen atoms in total. The second kappa shape index (κ2) is 7.46. The molecule has 0 unspecified atom stereocenters. The van der Waals surface area contributed by atoms with E-state index in [1.165, 1.54) is 0 Å². The zero-order valence-electron chi connectivity index (χ0n) is 13.6. The van der Waals surface area contributed by atoms with Gasteiger partial charge in [-0.2, -0.15) is 5.10 Å². The van der Waals surface area contributed by atoms with E-state index in [-0.39, 0.29) is 6.03 Å². The highest BCUT2D eigenvalue weighted by Gasteiger charge is 2.21. The predicted molar refractivity (Wildman–Crippen MR) is 89.4 cm³/mol. The van der Waals surface area contributed by atoms with E-state index >= 15 is 0 Å². The quantitative estimate of drug-likeness (QED) is 0.861. The first-order chi connectivity index (χ1) is 11.3. The number of nitrogens with one attached hydrogen (secondary N) is 1. The molecule has 1 aromatic heterocycles. The molecule has 124 valence electrons. The Morgan fingerprint density at radius 3 is 3.00 bits per heavy atom. The normalized spacial score (nSPS) is 15.7. The number of aryl methyl sites for hydroxylation is 1. The average molecular weight is 316 g/mol. The lowest BCUT2D eigenvalue weighted by Gasteiger charge is -2.31. The van der Waals surface area contributed by atoms with E-state index < -0.39 is 0 Å². The van der Waals surface area contributed by atoms with Crippen molar-refractivity contribution in [3.05, 3.63) is 30.5 Å². The molecule has 1 saturated heterocycles. The van der Waals surface area contributed by atoms with Crippen molar-refractivity contribution in [1.82, 2.24) is 20.0 Å². The van der Waals surface area contributed by atoms with Gasteiger partial charge in [0.25, 0.3) is 0 Å². The lowest BCUT2D eigenvalue weighted by Crippen LogP contribution is -2.46. The van der Waals surface area contributed by atoms with Crippen molar-refractivity contribution in [2.45, 2.75) is 31.8 Å². The Hall–Kier alpha value is -2.08. The Labute approximate surface area is 136 Å². The maximum Gasteiger partial charge on any atom is 0.317 e. The van der Waals surface area contributed by atoms with E-state index in [2.05, 4.69) is 22.5 Å². The van der Waals surface area contributed by atoms with Crippen LogP contribution in [-0.4, -0.2) is 53.6 Å². The molecular weight excluding hydrogens is 292 g/mol. The number of nitrogens with zero attached hydrogens (tertiary/aromatic N) is 3. The van der Waals surface area contributed by atoms with Crippen LogP contribution in [0.5, 0.6) is 0 Å². The van der Waals surface area contributed by atoms with Gasteiger partial charge >= 0.3 is 6.03 Å². The first-order valence-corrected chi connectivity index (χ1v) is 8.24. The molecule has 6 heteroatoms.